The second-order valence-corrected chi connectivity index (χ2v) is 4.75. The van der Waals surface area contributed by atoms with Crippen LogP contribution in [0.3, 0.4) is 0 Å². The van der Waals surface area contributed by atoms with Crippen LogP contribution in [0, 0.1) is 0 Å². The highest BCUT2D eigenvalue weighted by atomic mass is 16.5. The van der Waals surface area contributed by atoms with E-state index in [2.05, 4.69) is 20.4 Å². The first-order chi connectivity index (χ1) is 10.7. The lowest BCUT2D eigenvalue weighted by atomic mass is 10.2. The standard InChI is InChI=1S/C16H14N4O2/c1-11(18-15(21)13-7-9-17-10-8-13)16-19-14(20-22-16)12-5-3-2-4-6-12/h2-11H,1H3,(H,18,21)/t11-/m0/s1. The van der Waals surface area contributed by atoms with Crippen LogP contribution in [0.5, 0.6) is 0 Å². The molecule has 6 nitrogen and oxygen atoms in total. The highest BCUT2D eigenvalue weighted by molar-refractivity contribution is 5.94. The highest BCUT2D eigenvalue weighted by Crippen LogP contribution is 2.18. The fourth-order valence-electron chi connectivity index (χ4n) is 1.96. The van der Waals surface area contributed by atoms with Gasteiger partial charge in [0.05, 0.1) is 0 Å². The van der Waals surface area contributed by atoms with Gasteiger partial charge < -0.3 is 9.84 Å². The molecule has 2 heterocycles. The Labute approximate surface area is 127 Å². The van der Waals surface area contributed by atoms with Crippen molar-refractivity contribution < 1.29 is 9.32 Å². The first-order valence-corrected chi connectivity index (χ1v) is 6.84. The van der Waals surface area contributed by atoms with Crippen LogP contribution in [0.2, 0.25) is 0 Å². The fourth-order valence-corrected chi connectivity index (χ4v) is 1.96. The molecular formula is C16H14N4O2. The van der Waals surface area contributed by atoms with Crippen LogP contribution < -0.4 is 5.32 Å². The topological polar surface area (TPSA) is 80.9 Å². The number of carbonyl (C=O) groups is 1. The monoisotopic (exact) mass is 294 g/mol. The van der Waals surface area contributed by atoms with Gasteiger partial charge in [-0.25, -0.2) is 0 Å². The number of hydrogen-bond acceptors (Lipinski definition) is 5. The van der Waals surface area contributed by atoms with Crippen molar-refractivity contribution in [3.63, 3.8) is 0 Å². The molecule has 0 radical (unpaired) electrons. The largest absolute Gasteiger partial charge is 0.341 e. The van der Waals surface area contributed by atoms with Crippen molar-refractivity contribution in [2.24, 2.45) is 0 Å². The molecule has 22 heavy (non-hydrogen) atoms. The Balaban J connectivity index is 1.72. The van der Waals surface area contributed by atoms with Crippen molar-refractivity contribution in [2.45, 2.75) is 13.0 Å². The molecule has 1 amide bonds. The summed E-state index contributed by atoms with van der Waals surface area (Å²) >= 11 is 0. The van der Waals surface area contributed by atoms with Gasteiger partial charge in [-0.2, -0.15) is 4.98 Å². The predicted octanol–water partition coefficient (Wildman–Crippen LogP) is 2.62. The molecule has 1 N–H and O–H groups in total. The summed E-state index contributed by atoms with van der Waals surface area (Å²) in [5.41, 5.74) is 1.40. The molecule has 0 saturated heterocycles. The first kappa shape index (κ1) is 13.9. The molecule has 3 aromatic rings. The van der Waals surface area contributed by atoms with Crippen LogP contribution in [0.15, 0.2) is 59.4 Å². The number of pyridine rings is 1. The van der Waals surface area contributed by atoms with Crippen LogP contribution in [0.25, 0.3) is 11.4 Å². The van der Waals surface area contributed by atoms with Gasteiger partial charge in [0.1, 0.15) is 6.04 Å². The predicted molar refractivity (Wildman–Crippen MR) is 79.9 cm³/mol. The molecule has 0 saturated carbocycles. The van der Waals surface area contributed by atoms with E-state index in [9.17, 15) is 4.79 Å². The molecule has 0 aliphatic rings. The third-order valence-electron chi connectivity index (χ3n) is 3.13. The zero-order chi connectivity index (χ0) is 15.4. The van der Waals surface area contributed by atoms with E-state index in [1.54, 1.807) is 31.5 Å². The van der Waals surface area contributed by atoms with Gasteiger partial charge in [-0.15, -0.1) is 0 Å². The van der Waals surface area contributed by atoms with Crippen molar-refractivity contribution in [3.8, 4) is 11.4 Å². The molecule has 1 atom stereocenters. The van der Waals surface area contributed by atoms with Gasteiger partial charge in [-0.3, -0.25) is 9.78 Å². The number of rotatable bonds is 4. The summed E-state index contributed by atoms with van der Waals surface area (Å²) in [4.78, 5) is 20.3. The molecule has 110 valence electrons. The van der Waals surface area contributed by atoms with Gasteiger partial charge in [0.15, 0.2) is 0 Å². The summed E-state index contributed by atoms with van der Waals surface area (Å²) in [6.07, 6.45) is 3.14. The quantitative estimate of drug-likeness (QED) is 0.800. The molecule has 0 aliphatic carbocycles. The number of amides is 1. The fraction of sp³-hybridized carbons (Fsp3) is 0.125. The first-order valence-electron chi connectivity index (χ1n) is 6.84. The Morgan fingerprint density at radius 2 is 1.86 bits per heavy atom. The van der Waals surface area contributed by atoms with Crippen LogP contribution in [0.1, 0.15) is 29.2 Å². The van der Waals surface area contributed by atoms with Crippen molar-refractivity contribution in [3.05, 3.63) is 66.3 Å². The van der Waals surface area contributed by atoms with Gasteiger partial charge in [-0.1, -0.05) is 35.5 Å². The average molecular weight is 294 g/mol. The van der Waals surface area contributed by atoms with Gasteiger partial charge in [0.2, 0.25) is 11.7 Å². The highest BCUT2D eigenvalue weighted by Gasteiger charge is 2.17. The zero-order valence-electron chi connectivity index (χ0n) is 11.9. The molecule has 0 aliphatic heterocycles. The minimum atomic E-state index is -0.384. The zero-order valence-corrected chi connectivity index (χ0v) is 11.9. The Morgan fingerprint density at radius 3 is 2.59 bits per heavy atom. The van der Waals surface area contributed by atoms with Crippen molar-refractivity contribution in [1.29, 1.82) is 0 Å². The van der Waals surface area contributed by atoms with Crippen molar-refractivity contribution in [2.75, 3.05) is 0 Å². The van der Waals surface area contributed by atoms with E-state index in [0.717, 1.165) is 5.56 Å². The van der Waals surface area contributed by atoms with Crippen LogP contribution >= 0.6 is 0 Å². The van der Waals surface area contributed by atoms with E-state index in [4.69, 9.17) is 4.52 Å². The van der Waals surface area contributed by atoms with Crippen molar-refractivity contribution >= 4 is 5.91 Å². The third-order valence-corrected chi connectivity index (χ3v) is 3.13. The summed E-state index contributed by atoms with van der Waals surface area (Å²) in [7, 11) is 0. The molecule has 0 spiro atoms. The summed E-state index contributed by atoms with van der Waals surface area (Å²) in [5, 5.41) is 6.75. The number of nitrogens with one attached hydrogen (secondary N) is 1. The molecule has 0 bridgehead atoms. The summed E-state index contributed by atoms with van der Waals surface area (Å²) in [6.45, 7) is 1.79. The lowest BCUT2D eigenvalue weighted by molar-refractivity contribution is 0.0932. The Kier molecular flexibility index (Phi) is 3.91. The maximum Gasteiger partial charge on any atom is 0.252 e. The van der Waals surface area contributed by atoms with Crippen LogP contribution in [-0.4, -0.2) is 21.0 Å². The second kappa shape index (κ2) is 6.17. The number of hydrogen-bond donors (Lipinski definition) is 1. The molecule has 0 fully saturated rings. The normalized spacial score (nSPS) is 11.9. The number of benzene rings is 1. The molecule has 1 aromatic carbocycles. The van der Waals surface area contributed by atoms with Gasteiger partial charge >= 0.3 is 0 Å². The van der Waals surface area contributed by atoms with Gasteiger partial charge in [0.25, 0.3) is 5.91 Å². The van der Waals surface area contributed by atoms with Crippen LogP contribution in [-0.2, 0) is 0 Å². The average Bonchev–Trinajstić information content (AvgIpc) is 3.06. The van der Waals surface area contributed by atoms with Crippen molar-refractivity contribution in [1.82, 2.24) is 20.4 Å². The van der Waals surface area contributed by atoms with E-state index in [1.165, 1.54) is 0 Å². The lowest BCUT2D eigenvalue weighted by Crippen LogP contribution is -2.26. The third kappa shape index (κ3) is 3.01. The summed E-state index contributed by atoms with van der Waals surface area (Å²) < 4.78 is 5.23. The smallest absolute Gasteiger partial charge is 0.252 e. The Morgan fingerprint density at radius 1 is 1.14 bits per heavy atom. The number of aromatic nitrogens is 3. The molecule has 0 unspecified atom stereocenters. The minimum absolute atomic E-state index is 0.214. The van der Waals surface area contributed by atoms with Crippen LogP contribution in [0.4, 0.5) is 0 Å². The molecular weight excluding hydrogens is 280 g/mol. The summed E-state index contributed by atoms with van der Waals surface area (Å²) in [5.74, 6) is 0.649. The molecule has 2 aromatic heterocycles. The number of nitrogens with zero attached hydrogens (tertiary/aromatic N) is 3. The minimum Gasteiger partial charge on any atom is -0.341 e. The van der Waals surface area contributed by atoms with Gasteiger partial charge in [-0.05, 0) is 19.1 Å². The molecule has 3 rings (SSSR count). The lowest BCUT2D eigenvalue weighted by Gasteiger charge is -2.09. The van der Waals surface area contributed by atoms with E-state index in [0.29, 0.717) is 17.3 Å². The summed E-state index contributed by atoms with van der Waals surface area (Å²) in [6, 6.07) is 12.4. The van der Waals surface area contributed by atoms with E-state index in [-0.39, 0.29) is 11.9 Å². The number of carbonyl (C=O) groups excluding carboxylic acids is 1. The maximum absolute atomic E-state index is 12.1. The Hall–Kier alpha value is -3.02. The van der Waals surface area contributed by atoms with E-state index < -0.39 is 0 Å². The Bertz CT molecular complexity index is 756. The second-order valence-electron chi connectivity index (χ2n) is 4.75. The van der Waals surface area contributed by atoms with E-state index in [1.807, 2.05) is 30.3 Å². The molecule has 6 heteroatoms. The SMILES string of the molecule is C[C@H](NC(=O)c1ccncc1)c1nc(-c2ccccc2)no1. The van der Waals surface area contributed by atoms with E-state index >= 15 is 0 Å². The van der Waals surface area contributed by atoms with Gasteiger partial charge in [0, 0.05) is 23.5 Å². The maximum atomic E-state index is 12.1.